The van der Waals surface area contributed by atoms with Gasteiger partial charge in [-0.05, 0) is 30.5 Å². The van der Waals surface area contributed by atoms with Crippen LogP contribution >= 0.6 is 11.3 Å². The van der Waals surface area contributed by atoms with E-state index in [1.165, 1.54) is 11.3 Å². The van der Waals surface area contributed by atoms with Gasteiger partial charge in [0.1, 0.15) is 0 Å². The van der Waals surface area contributed by atoms with Gasteiger partial charge in [0.05, 0.1) is 4.88 Å². The van der Waals surface area contributed by atoms with Gasteiger partial charge in [-0.15, -0.1) is 11.3 Å². The Morgan fingerprint density at radius 3 is 3.00 bits per heavy atom. The molecule has 3 heteroatoms. The monoisotopic (exact) mass is 181 g/mol. The molecule has 64 valence electrons. The summed E-state index contributed by atoms with van der Waals surface area (Å²) in [6.45, 7) is 2.02. The van der Waals surface area contributed by atoms with Crippen LogP contribution < -0.4 is 5.32 Å². The lowest BCUT2D eigenvalue weighted by atomic mass is 9.96. The smallest absolute Gasteiger partial charge is 0.173 e. The Balaban J connectivity index is 1.92. The van der Waals surface area contributed by atoms with Crippen LogP contribution in [0.15, 0.2) is 17.5 Å². The van der Waals surface area contributed by atoms with E-state index in [0.717, 1.165) is 18.0 Å². The summed E-state index contributed by atoms with van der Waals surface area (Å²) >= 11 is 1.54. The second-order valence-corrected chi connectivity index (χ2v) is 4.08. The van der Waals surface area contributed by atoms with Gasteiger partial charge in [0.25, 0.3) is 0 Å². The molecule has 0 atom stereocenters. The zero-order valence-electron chi connectivity index (χ0n) is 6.75. The third kappa shape index (κ3) is 1.57. The molecule has 0 aliphatic carbocycles. The van der Waals surface area contributed by atoms with Crippen molar-refractivity contribution in [2.24, 2.45) is 5.92 Å². The fourth-order valence-corrected chi connectivity index (χ4v) is 1.97. The van der Waals surface area contributed by atoms with Gasteiger partial charge < -0.3 is 5.32 Å². The Kier molecular flexibility index (Phi) is 2.23. The van der Waals surface area contributed by atoms with Crippen molar-refractivity contribution < 1.29 is 4.79 Å². The maximum Gasteiger partial charge on any atom is 0.173 e. The third-order valence-electron chi connectivity index (χ3n) is 2.14. The standard InChI is InChI=1S/C9H11NOS/c11-8(4-7-5-10-6-7)9-2-1-3-12-9/h1-3,7,10H,4-6H2. The summed E-state index contributed by atoms with van der Waals surface area (Å²) in [6, 6.07) is 3.83. The van der Waals surface area contributed by atoms with Crippen LogP contribution in [-0.4, -0.2) is 18.9 Å². The van der Waals surface area contributed by atoms with E-state index in [4.69, 9.17) is 0 Å². The highest BCUT2D eigenvalue weighted by atomic mass is 32.1. The molecule has 1 N–H and O–H groups in total. The van der Waals surface area contributed by atoms with Crippen molar-refractivity contribution in [1.82, 2.24) is 5.32 Å². The quantitative estimate of drug-likeness (QED) is 0.717. The van der Waals surface area contributed by atoms with Crippen molar-refractivity contribution in [3.05, 3.63) is 22.4 Å². The average molecular weight is 181 g/mol. The number of Topliss-reactive ketones (excluding diaryl/α,β-unsaturated/α-hetero) is 1. The van der Waals surface area contributed by atoms with Crippen molar-refractivity contribution in [2.45, 2.75) is 6.42 Å². The SMILES string of the molecule is O=C(CC1CNC1)c1cccs1. The third-order valence-corrected chi connectivity index (χ3v) is 3.05. The van der Waals surface area contributed by atoms with Gasteiger partial charge in [0.15, 0.2) is 5.78 Å². The Hall–Kier alpha value is -0.670. The van der Waals surface area contributed by atoms with Crippen LogP contribution in [0.4, 0.5) is 0 Å². The Morgan fingerprint density at radius 1 is 1.67 bits per heavy atom. The average Bonchev–Trinajstić information content (AvgIpc) is 2.47. The highest BCUT2D eigenvalue weighted by Gasteiger charge is 2.20. The van der Waals surface area contributed by atoms with E-state index in [1.54, 1.807) is 0 Å². The summed E-state index contributed by atoms with van der Waals surface area (Å²) in [5.74, 6) is 0.885. The van der Waals surface area contributed by atoms with Crippen molar-refractivity contribution in [3.63, 3.8) is 0 Å². The first-order valence-electron chi connectivity index (χ1n) is 4.13. The first-order chi connectivity index (χ1) is 5.86. The zero-order valence-corrected chi connectivity index (χ0v) is 7.56. The second-order valence-electron chi connectivity index (χ2n) is 3.13. The normalized spacial score (nSPS) is 17.3. The number of carbonyl (C=O) groups excluding carboxylic acids is 1. The van der Waals surface area contributed by atoms with E-state index >= 15 is 0 Å². The van der Waals surface area contributed by atoms with Crippen molar-refractivity contribution in [2.75, 3.05) is 13.1 Å². The van der Waals surface area contributed by atoms with Crippen LogP contribution in [0.2, 0.25) is 0 Å². The van der Waals surface area contributed by atoms with E-state index in [2.05, 4.69) is 5.32 Å². The summed E-state index contributed by atoms with van der Waals surface area (Å²) in [5.41, 5.74) is 0. The minimum Gasteiger partial charge on any atom is -0.316 e. The molecule has 2 nitrogen and oxygen atoms in total. The van der Waals surface area contributed by atoms with Crippen LogP contribution in [0.5, 0.6) is 0 Å². The molecule has 2 heterocycles. The molecule has 0 unspecified atom stereocenters. The van der Waals surface area contributed by atoms with Gasteiger partial charge in [-0.1, -0.05) is 6.07 Å². The maximum absolute atomic E-state index is 11.5. The number of nitrogens with one attached hydrogen (secondary N) is 1. The van der Waals surface area contributed by atoms with Gasteiger partial charge >= 0.3 is 0 Å². The van der Waals surface area contributed by atoms with E-state index in [9.17, 15) is 4.79 Å². The van der Waals surface area contributed by atoms with Gasteiger partial charge in [-0.25, -0.2) is 0 Å². The van der Waals surface area contributed by atoms with E-state index < -0.39 is 0 Å². The predicted octanol–water partition coefficient (Wildman–Crippen LogP) is 1.54. The van der Waals surface area contributed by atoms with Crippen LogP contribution in [-0.2, 0) is 0 Å². The first kappa shape index (κ1) is 7.95. The van der Waals surface area contributed by atoms with Crippen LogP contribution in [0.1, 0.15) is 16.1 Å². The maximum atomic E-state index is 11.5. The summed E-state index contributed by atoms with van der Waals surface area (Å²) in [7, 11) is 0. The van der Waals surface area contributed by atoms with Crippen molar-refractivity contribution >= 4 is 17.1 Å². The number of thiophene rings is 1. The lowest BCUT2D eigenvalue weighted by Gasteiger charge is -2.25. The van der Waals surface area contributed by atoms with Gasteiger partial charge in [-0.2, -0.15) is 0 Å². The molecule has 1 saturated heterocycles. The molecule has 1 aromatic rings. The molecular weight excluding hydrogens is 170 g/mol. The van der Waals surface area contributed by atoms with Gasteiger partial charge in [0.2, 0.25) is 0 Å². The Morgan fingerprint density at radius 2 is 2.50 bits per heavy atom. The zero-order chi connectivity index (χ0) is 8.39. The highest BCUT2D eigenvalue weighted by Crippen LogP contribution is 2.16. The van der Waals surface area contributed by atoms with E-state index in [0.29, 0.717) is 18.1 Å². The summed E-state index contributed by atoms with van der Waals surface area (Å²) in [4.78, 5) is 12.4. The Labute approximate surface area is 75.6 Å². The van der Waals surface area contributed by atoms with Crippen LogP contribution in [0.3, 0.4) is 0 Å². The molecule has 0 spiro atoms. The minimum atomic E-state index is 0.302. The molecule has 12 heavy (non-hydrogen) atoms. The second kappa shape index (κ2) is 3.37. The Bertz CT molecular complexity index is 264. The summed E-state index contributed by atoms with van der Waals surface area (Å²) in [6.07, 6.45) is 0.716. The highest BCUT2D eigenvalue weighted by molar-refractivity contribution is 7.12. The predicted molar refractivity (Wildman–Crippen MR) is 49.6 cm³/mol. The summed E-state index contributed by atoms with van der Waals surface area (Å²) < 4.78 is 0. The van der Waals surface area contributed by atoms with Crippen molar-refractivity contribution in [1.29, 1.82) is 0 Å². The molecule has 1 aliphatic rings. The first-order valence-corrected chi connectivity index (χ1v) is 5.01. The molecule has 0 bridgehead atoms. The molecule has 0 saturated carbocycles. The molecule has 1 aromatic heterocycles. The number of hydrogen-bond acceptors (Lipinski definition) is 3. The fraction of sp³-hybridized carbons (Fsp3) is 0.444. The molecule has 1 fully saturated rings. The minimum absolute atomic E-state index is 0.302. The lowest BCUT2D eigenvalue weighted by Crippen LogP contribution is -2.42. The molecule has 0 aromatic carbocycles. The molecule has 2 rings (SSSR count). The van der Waals surface area contributed by atoms with Crippen LogP contribution in [0, 0.1) is 5.92 Å². The van der Waals surface area contributed by atoms with Gasteiger partial charge in [0, 0.05) is 6.42 Å². The van der Waals surface area contributed by atoms with Crippen molar-refractivity contribution in [3.8, 4) is 0 Å². The van der Waals surface area contributed by atoms with E-state index in [1.807, 2.05) is 17.5 Å². The molecule has 0 radical (unpaired) electrons. The number of ketones is 1. The van der Waals surface area contributed by atoms with E-state index in [-0.39, 0.29) is 0 Å². The fourth-order valence-electron chi connectivity index (χ4n) is 1.29. The topological polar surface area (TPSA) is 29.1 Å². The van der Waals surface area contributed by atoms with Gasteiger partial charge in [-0.3, -0.25) is 4.79 Å². The molecule has 1 aliphatic heterocycles. The van der Waals surface area contributed by atoms with Crippen LogP contribution in [0.25, 0.3) is 0 Å². The number of carbonyl (C=O) groups is 1. The lowest BCUT2D eigenvalue weighted by molar-refractivity contribution is 0.0949. The number of rotatable bonds is 3. The molecule has 0 amide bonds. The number of hydrogen-bond donors (Lipinski definition) is 1. The largest absolute Gasteiger partial charge is 0.316 e. The molecular formula is C9H11NOS. The summed E-state index contributed by atoms with van der Waals surface area (Å²) in [5, 5.41) is 5.11.